The first-order chi connectivity index (χ1) is 12.2. The zero-order chi connectivity index (χ0) is 19.5. The van der Waals surface area contributed by atoms with Gasteiger partial charge in [0.15, 0.2) is 11.5 Å². The Balaban J connectivity index is 2.43. The van der Waals surface area contributed by atoms with Crippen LogP contribution < -0.4 is 19.5 Å². The average molecular weight is 373 g/mol. The van der Waals surface area contributed by atoms with E-state index in [-0.39, 0.29) is 22.8 Å². The molecule has 2 aromatic rings. The van der Waals surface area contributed by atoms with Crippen LogP contribution in [0.2, 0.25) is 0 Å². The molecule has 0 saturated heterocycles. The minimum absolute atomic E-state index is 0.00302. The second-order valence-electron chi connectivity index (χ2n) is 5.03. The fraction of sp³-hybridized carbons (Fsp3) is 0.235. The van der Waals surface area contributed by atoms with Gasteiger partial charge < -0.3 is 19.5 Å². The van der Waals surface area contributed by atoms with E-state index in [1.165, 1.54) is 33.5 Å². The number of ether oxygens (including phenoxy) is 3. The summed E-state index contributed by atoms with van der Waals surface area (Å²) in [5.41, 5.74) is -1.77. The summed E-state index contributed by atoms with van der Waals surface area (Å²) in [5, 5.41) is 2.11. The minimum atomic E-state index is -4.67. The molecule has 0 spiro atoms. The number of methoxy groups -OCH3 is 3. The summed E-state index contributed by atoms with van der Waals surface area (Å²) in [6.45, 7) is 0. The number of hydrogen-bond donors (Lipinski definition) is 1. The summed E-state index contributed by atoms with van der Waals surface area (Å²) in [6.07, 6.45) is -4.67. The first kappa shape index (κ1) is 19.4. The number of rotatable bonds is 5. The van der Waals surface area contributed by atoms with Crippen molar-refractivity contribution in [3.63, 3.8) is 0 Å². The van der Waals surface area contributed by atoms with Crippen molar-refractivity contribution in [2.75, 3.05) is 26.6 Å². The van der Waals surface area contributed by atoms with Gasteiger partial charge in [-0.15, -0.1) is 0 Å². The summed E-state index contributed by atoms with van der Waals surface area (Å²) in [5.74, 6) is -1.48. The topological polar surface area (TPSA) is 56.8 Å². The second kappa shape index (κ2) is 7.51. The third kappa shape index (κ3) is 3.81. The fourth-order valence-electron chi connectivity index (χ4n) is 2.27. The molecule has 9 heteroatoms. The van der Waals surface area contributed by atoms with Gasteiger partial charge in [-0.2, -0.15) is 13.2 Å². The highest BCUT2D eigenvalue weighted by molar-refractivity contribution is 6.07. The molecule has 1 N–H and O–H groups in total. The molecule has 0 saturated carbocycles. The molecule has 0 heterocycles. The van der Waals surface area contributed by atoms with Crippen LogP contribution in [0.1, 0.15) is 15.9 Å². The highest BCUT2D eigenvalue weighted by atomic mass is 19.4. The van der Waals surface area contributed by atoms with E-state index in [0.29, 0.717) is 18.2 Å². The first-order valence-corrected chi connectivity index (χ1v) is 7.20. The Morgan fingerprint density at radius 3 is 2.15 bits per heavy atom. The van der Waals surface area contributed by atoms with Gasteiger partial charge in [0.2, 0.25) is 5.75 Å². The number of amides is 1. The van der Waals surface area contributed by atoms with Crippen LogP contribution >= 0.6 is 0 Å². The van der Waals surface area contributed by atoms with Crippen LogP contribution in [0.3, 0.4) is 0 Å². The van der Waals surface area contributed by atoms with Crippen molar-refractivity contribution in [2.45, 2.75) is 6.18 Å². The number of carbonyl (C=O) groups excluding carboxylic acids is 1. The van der Waals surface area contributed by atoms with Gasteiger partial charge in [-0.25, -0.2) is 4.39 Å². The Bertz CT molecular complexity index is 821. The number of alkyl halides is 3. The number of carbonyl (C=O) groups is 1. The van der Waals surface area contributed by atoms with E-state index >= 15 is 0 Å². The summed E-state index contributed by atoms with van der Waals surface area (Å²) in [6, 6.07) is 4.46. The maximum absolute atomic E-state index is 13.8. The van der Waals surface area contributed by atoms with Gasteiger partial charge in [-0.1, -0.05) is 0 Å². The van der Waals surface area contributed by atoms with Crippen LogP contribution in [-0.4, -0.2) is 27.2 Å². The Morgan fingerprint density at radius 1 is 0.962 bits per heavy atom. The maximum atomic E-state index is 13.8. The molecule has 0 aliphatic heterocycles. The zero-order valence-electron chi connectivity index (χ0n) is 14.0. The third-order valence-electron chi connectivity index (χ3n) is 3.49. The quantitative estimate of drug-likeness (QED) is 0.801. The molecule has 140 valence electrons. The molecule has 0 aromatic heterocycles. The molecule has 0 fully saturated rings. The van der Waals surface area contributed by atoms with Gasteiger partial charge in [0.25, 0.3) is 5.91 Å². The van der Waals surface area contributed by atoms with Gasteiger partial charge in [0, 0.05) is 0 Å². The molecule has 0 aliphatic carbocycles. The van der Waals surface area contributed by atoms with Crippen molar-refractivity contribution in [1.82, 2.24) is 0 Å². The number of halogens is 4. The lowest BCUT2D eigenvalue weighted by atomic mass is 10.1. The van der Waals surface area contributed by atoms with E-state index in [1.807, 2.05) is 0 Å². The molecule has 1 amide bonds. The molecule has 0 aliphatic rings. The average Bonchev–Trinajstić information content (AvgIpc) is 2.60. The van der Waals surface area contributed by atoms with Crippen molar-refractivity contribution in [2.24, 2.45) is 0 Å². The van der Waals surface area contributed by atoms with Crippen molar-refractivity contribution in [1.29, 1.82) is 0 Å². The van der Waals surface area contributed by atoms with Crippen LogP contribution in [0, 0.1) is 5.82 Å². The molecule has 0 atom stereocenters. The van der Waals surface area contributed by atoms with E-state index in [2.05, 4.69) is 5.32 Å². The Hall–Kier alpha value is -2.97. The van der Waals surface area contributed by atoms with Crippen molar-refractivity contribution < 1.29 is 36.6 Å². The van der Waals surface area contributed by atoms with Gasteiger partial charge in [0.05, 0.1) is 38.1 Å². The predicted molar refractivity (Wildman–Crippen MR) is 85.5 cm³/mol. The molecule has 2 rings (SSSR count). The van der Waals surface area contributed by atoms with Crippen LogP contribution in [0.5, 0.6) is 17.2 Å². The fourth-order valence-corrected chi connectivity index (χ4v) is 2.27. The normalized spacial score (nSPS) is 11.0. The Kier molecular flexibility index (Phi) is 5.59. The molecule has 0 unspecified atom stereocenters. The highest BCUT2D eigenvalue weighted by Crippen LogP contribution is 2.40. The van der Waals surface area contributed by atoms with Gasteiger partial charge in [-0.05, 0) is 30.3 Å². The smallest absolute Gasteiger partial charge is 0.416 e. The lowest BCUT2D eigenvalue weighted by molar-refractivity contribution is -0.137. The standard InChI is InChI=1S/C17H15F4NO4/c1-24-13-7-5-10(14(25-2)15(13)26-3)16(23)22-12-8-9(17(19,20)21)4-6-11(12)18/h4-8H,1-3H3,(H,22,23). The SMILES string of the molecule is COc1ccc(C(=O)Nc2cc(C(F)(F)F)ccc2F)c(OC)c1OC. The number of anilines is 1. The summed E-state index contributed by atoms with van der Waals surface area (Å²) in [7, 11) is 3.99. The van der Waals surface area contributed by atoms with E-state index < -0.39 is 29.2 Å². The lowest BCUT2D eigenvalue weighted by Crippen LogP contribution is -2.16. The van der Waals surface area contributed by atoms with Gasteiger partial charge >= 0.3 is 6.18 Å². The molecule has 0 bridgehead atoms. The molecule has 0 radical (unpaired) electrons. The zero-order valence-corrected chi connectivity index (χ0v) is 14.0. The van der Waals surface area contributed by atoms with Crippen molar-refractivity contribution in [3.8, 4) is 17.2 Å². The van der Waals surface area contributed by atoms with E-state index in [9.17, 15) is 22.4 Å². The number of nitrogens with one attached hydrogen (secondary N) is 1. The van der Waals surface area contributed by atoms with E-state index in [0.717, 1.165) is 0 Å². The van der Waals surface area contributed by atoms with Gasteiger partial charge in [-0.3, -0.25) is 4.79 Å². The highest BCUT2D eigenvalue weighted by Gasteiger charge is 2.31. The van der Waals surface area contributed by atoms with Crippen LogP contribution in [0.4, 0.5) is 23.2 Å². The largest absolute Gasteiger partial charge is 0.493 e. The third-order valence-corrected chi connectivity index (χ3v) is 3.49. The number of hydrogen-bond acceptors (Lipinski definition) is 4. The van der Waals surface area contributed by atoms with Crippen LogP contribution in [-0.2, 0) is 6.18 Å². The Morgan fingerprint density at radius 2 is 1.62 bits per heavy atom. The molecule has 5 nitrogen and oxygen atoms in total. The van der Waals surface area contributed by atoms with Crippen LogP contribution in [0.25, 0.3) is 0 Å². The monoisotopic (exact) mass is 373 g/mol. The summed E-state index contributed by atoms with van der Waals surface area (Å²) >= 11 is 0. The molecule has 26 heavy (non-hydrogen) atoms. The Labute approximate surface area is 146 Å². The van der Waals surface area contributed by atoms with Crippen molar-refractivity contribution in [3.05, 3.63) is 47.3 Å². The van der Waals surface area contributed by atoms with Crippen LogP contribution in [0.15, 0.2) is 30.3 Å². The minimum Gasteiger partial charge on any atom is -0.493 e. The maximum Gasteiger partial charge on any atom is 0.416 e. The first-order valence-electron chi connectivity index (χ1n) is 7.20. The second-order valence-corrected chi connectivity index (χ2v) is 5.03. The summed E-state index contributed by atoms with van der Waals surface area (Å²) in [4.78, 5) is 12.4. The lowest BCUT2D eigenvalue weighted by Gasteiger charge is -2.16. The van der Waals surface area contributed by atoms with Crippen molar-refractivity contribution >= 4 is 11.6 Å². The molecule has 2 aromatic carbocycles. The van der Waals surface area contributed by atoms with E-state index in [4.69, 9.17) is 14.2 Å². The molecular formula is C17H15F4NO4. The predicted octanol–water partition coefficient (Wildman–Crippen LogP) is 4.12. The number of benzene rings is 2. The summed E-state index contributed by atoms with van der Waals surface area (Å²) < 4.78 is 67.5. The molecular weight excluding hydrogens is 358 g/mol. The van der Waals surface area contributed by atoms with E-state index in [1.54, 1.807) is 0 Å². The van der Waals surface area contributed by atoms with Gasteiger partial charge in [0.1, 0.15) is 5.82 Å².